The number of carbonyl (C=O) groups is 2. The van der Waals surface area contributed by atoms with Crippen LogP contribution in [0.3, 0.4) is 0 Å². The predicted octanol–water partition coefficient (Wildman–Crippen LogP) is 4.80. The van der Waals surface area contributed by atoms with E-state index in [1.165, 1.54) is 53.3 Å². The number of rotatable bonds is 7. The number of halogens is 2. The van der Waals surface area contributed by atoms with Gasteiger partial charge in [0.1, 0.15) is 5.82 Å². The molecule has 0 amide bonds. The summed E-state index contributed by atoms with van der Waals surface area (Å²) in [7, 11) is 0. The molecule has 1 aromatic heterocycles. The van der Waals surface area contributed by atoms with Crippen LogP contribution in [-0.2, 0) is 0 Å². The molecule has 0 fully saturated rings. The minimum absolute atomic E-state index is 0.0218. The van der Waals surface area contributed by atoms with Gasteiger partial charge in [0.2, 0.25) is 0 Å². The van der Waals surface area contributed by atoms with Gasteiger partial charge in [-0.2, -0.15) is 4.68 Å². The predicted molar refractivity (Wildman–Crippen MR) is 125 cm³/mol. The van der Waals surface area contributed by atoms with Crippen LogP contribution in [0.1, 0.15) is 32.1 Å². The SMILES string of the molecule is Cc1ccc(-n2nnnc2/C(=C/Nc2cc(Cl)ccc2C(=O)O)C(=O)c2ccc(F)cc2)cc1. The van der Waals surface area contributed by atoms with Gasteiger partial charge < -0.3 is 10.4 Å². The van der Waals surface area contributed by atoms with Gasteiger partial charge in [-0.25, -0.2) is 9.18 Å². The second-order valence-corrected chi connectivity index (χ2v) is 7.72. The fourth-order valence-electron chi connectivity index (χ4n) is 3.18. The Kier molecular flexibility index (Phi) is 6.46. The second kappa shape index (κ2) is 9.63. The first-order valence-corrected chi connectivity index (χ1v) is 10.4. The summed E-state index contributed by atoms with van der Waals surface area (Å²) in [4.78, 5) is 25.0. The third-order valence-electron chi connectivity index (χ3n) is 4.92. The van der Waals surface area contributed by atoms with E-state index in [2.05, 4.69) is 20.8 Å². The van der Waals surface area contributed by atoms with Gasteiger partial charge in [0, 0.05) is 16.8 Å². The fourth-order valence-corrected chi connectivity index (χ4v) is 3.35. The first-order chi connectivity index (χ1) is 16.3. The first kappa shape index (κ1) is 22.8. The molecule has 0 unspecified atom stereocenters. The van der Waals surface area contributed by atoms with E-state index in [-0.39, 0.29) is 28.2 Å². The summed E-state index contributed by atoms with van der Waals surface area (Å²) in [5, 5.41) is 24.4. The normalized spacial score (nSPS) is 11.3. The number of Topliss-reactive ketones (excluding diaryl/α,β-unsaturated/α-hetero) is 1. The molecule has 4 rings (SSSR count). The minimum Gasteiger partial charge on any atom is -0.478 e. The maximum atomic E-state index is 13.4. The number of aryl methyl sites for hydroxylation is 1. The van der Waals surface area contributed by atoms with Crippen LogP contribution in [0, 0.1) is 12.7 Å². The largest absolute Gasteiger partial charge is 0.478 e. The number of anilines is 1. The van der Waals surface area contributed by atoms with Crippen molar-refractivity contribution in [1.82, 2.24) is 20.2 Å². The molecule has 0 saturated carbocycles. The van der Waals surface area contributed by atoms with Crippen molar-refractivity contribution >= 4 is 34.6 Å². The number of nitrogens with one attached hydrogen (secondary N) is 1. The zero-order valence-corrected chi connectivity index (χ0v) is 18.5. The smallest absolute Gasteiger partial charge is 0.337 e. The molecule has 0 aliphatic heterocycles. The highest BCUT2D eigenvalue weighted by molar-refractivity contribution is 6.31. The molecule has 8 nitrogen and oxygen atoms in total. The van der Waals surface area contributed by atoms with Gasteiger partial charge in [-0.15, -0.1) is 5.10 Å². The Morgan fingerprint density at radius 1 is 1.06 bits per heavy atom. The Morgan fingerprint density at radius 3 is 2.44 bits per heavy atom. The monoisotopic (exact) mass is 477 g/mol. The summed E-state index contributed by atoms with van der Waals surface area (Å²) >= 11 is 6.04. The first-order valence-electron chi connectivity index (χ1n) is 9.99. The van der Waals surface area contributed by atoms with Gasteiger partial charge in [0.25, 0.3) is 0 Å². The lowest BCUT2D eigenvalue weighted by atomic mass is 10.0. The number of carboxylic acid groups (broad SMARTS) is 1. The summed E-state index contributed by atoms with van der Waals surface area (Å²) in [6.07, 6.45) is 1.31. The average molecular weight is 478 g/mol. The molecule has 4 aromatic rings. The van der Waals surface area contributed by atoms with Crippen molar-refractivity contribution in [2.75, 3.05) is 5.32 Å². The number of carbonyl (C=O) groups excluding carboxylic acids is 1. The van der Waals surface area contributed by atoms with Crippen LogP contribution < -0.4 is 5.32 Å². The third-order valence-corrected chi connectivity index (χ3v) is 5.16. The molecule has 34 heavy (non-hydrogen) atoms. The summed E-state index contributed by atoms with van der Waals surface area (Å²) in [6, 6.07) is 16.6. The second-order valence-electron chi connectivity index (χ2n) is 7.28. The Hall–Kier alpha value is -4.37. The third kappa shape index (κ3) is 4.84. The van der Waals surface area contributed by atoms with Crippen LogP contribution in [-0.4, -0.2) is 37.1 Å². The van der Waals surface area contributed by atoms with E-state index in [9.17, 15) is 19.1 Å². The lowest BCUT2D eigenvalue weighted by Gasteiger charge is -2.11. The van der Waals surface area contributed by atoms with Crippen molar-refractivity contribution in [2.45, 2.75) is 6.92 Å². The van der Waals surface area contributed by atoms with Crippen molar-refractivity contribution in [3.63, 3.8) is 0 Å². The number of hydrogen-bond donors (Lipinski definition) is 2. The van der Waals surface area contributed by atoms with Crippen LogP contribution in [0.2, 0.25) is 5.02 Å². The molecule has 1 heterocycles. The number of hydrogen-bond acceptors (Lipinski definition) is 6. The van der Waals surface area contributed by atoms with E-state index < -0.39 is 17.6 Å². The van der Waals surface area contributed by atoms with E-state index >= 15 is 0 Å². The highest BCUT2D eigenvalue weighted by Crippen LogP contribution is 2.25. The molecule has 0 spiro atoms. The number of nitrogens with zero attached hydrogens (tertiary/aromatic N) is 4. The molecule has 0 atom stereocenters. The van der Waals surface area contributed by atoms with Gasteiger partial charge >= 0.3 is 5.97 Å². The quantitative estimate of drug-likeness (QED) is 0.290. The Balaban J connectivity index is 1.83. The van der Waals surface area contributed by atoms with E-state index in [0.29, 0.717) is 10.7 Å². The molecule has 3 aromatic carbocycles. The molecule has 0 radical (unpaired) electrons. The van der Waals surface area contributed by atoms with Gasteiger partial charge in [-0.1, -0.05) is 29.3 Å². The lowest BCUT2D eigenvalue weighted by Crippen LogP contribution is -2.12. The molecular weight excluding hydrogens is 461 g/mol. The standard InChI is InChI=1S/C24H17ClFN5O3/c1-14-2-9-18(10-3-14)31-23(28-29-30-31)20(22(32)15-4-7-17(26)8-5-15)13-27-21-12-16(25)6-11-19(21)24(33)34/h2-13,27H,1H3,(H,33,34)/b20-13+. The molecule has 0 bridgehead atoms. The summed E-state index contributed by atoms with van der Waals surface area (Å²) < 4.78 is 14.8. The zero-order chi connectivity index (χ0) is 24.2. The Labute approximate surface area is 198 Å². The van der Waals surface area contributed by atoms with Crippen LogP contribution in [0.4, 0.5) is 10.1 Å². The van der Waals surface area contributed by atoms with Crippen molar-refractivity contribution in [3.05, 3.63) is 106 Å². The number of aromatic nitrogens is 4. The van der Waals surface area contributed by atoms with E-state index in [1.807, 2.05) is 19.1 Å². The van der Waals surface area contributed by atoms with Crippen LogP contribution >= 0.6 is 11.6 Å². The molecule has 170 valence electrons. The van der Waals surface area contributed by atoms with Gasteiger partial charge in [0.15, 0.2) is 11.6 Å². The van der Waals surface area contributed by atoms with Crippen molar-refractivity contribution < 1.29 is 19.1 Å². The topological polar surface area (TPSA) is 110 Å². The average Bonchev–Trinajstić information content (AvgIpc) is 3.29. The minimum atomic E-state index is -1.18. The highest BCUT2D eigenvalue weighted by Gasteiger charge is 2.22. The van der Waals surface area contributed by atoms with Crippen LogP contribution in [0.5, 0.6) is 0 Å². The van der Waals surface area contributed by atoms with Crippen LogP contribution in [0.15, 0.2) is 72.9 Å². The fraction of sp³-hybridized carbons (Fsp3) is 0.0417. The number of allylic oxidation sites excluding steroid dienone is 1. The number of ketones is 1. The van der Waals surface area contributed by atoms with Crippen molar-refractivity contribution in [3.8, 4) is 5.69 Å². The molecular formula is C24H17ClFN5O3. The van der Waals surface area contributed by atoms with E-state index in [0.717, 1.165) is 5.56 Å². The summed E-state index contributed by atoms with van der Waals surface area (Å²) in [6.45, 7) is 1.93. The van der Waals surface area contributed by atoms with Crippen molar-refractivity contribution in [2.24, 2.45) is 0 Å². The maximum Gasteiger partial charge on any atom is 0.337 e. The number of benzene rings is 3. The number of carboxylic acids is 1. The molecule has 0 aliphatic rings. The highest BCUT2D eigenvalue weighted by atomic mass is 35.5. The van der Waals surface area contributed by atoms with E-state index in [1.54, 1.807) is 12.1 Å². The van der Waals surface area contributed by atoms with Crippen LogP contribution in [0.25, 0.3) is 11.3 Å². The molecule has 10 heteroatoms. The summed E-state index contributed by atoms with van der Waals surface area (Å²) in [5.41, 5.74) is 1.97. The molecule has 2 N–H and O–H groups in total. The van der Waals surface area contributed by atoms with Gasteiger partial charge in [-0.05, 0) is 71.9 Å². The lowest BCUT2D eigenvalue weighted by molar-refractivity contribution is 0.0697. The Bertz CT molecular complexity index is 1400. The number of aromatic carboxylic acids is 1. The van der Waals surface area contributed by atoms with Gasteiger partial charge in [0.05, 0.1) is 22.5 Å². The van der Waals surface area contributed by atoms with Crippen molar-refractivity contribution in [1.29, 1.82) is 0 Å². The zero-order valence-electron chi connectivity index (χ0n) is 17.7. The maximum absolute atomic E-state index is 13.4. The number of tetrazole rings is 1. The van der Waals surface area contributed by atoms with E-state index in [4.69, 9.17) is 11.6 Å². The summed E-state index contributed by atoms with van der Waals surface area (Å²) in [5.74, 6) is -2.07. The van der Waals surface area contributed by atoms with Gasteiger partial charge in [-0.3, -0.25) is 4.79 Å². The molecule has 0 aliphatic carbocycles. The Morgan fingerprint density at radius 2 is 1.76 bits per heavy atom. The molecule has 0 saturated heterocycles.